The van der Waals surface area contributed by atoms with Crippen molar-refractivity contribution in [2.45, 2.75) is 13.0 Å². The molecule has 1 atom stereocenters. The minimum atomic E-state index is -0.0424. The van der Waals surface area contributed by atoms with E-state index in [4.69, 9.17) is 11.6 Å². The highest BCUT2D eigenvalue weighted by Crippen LogP contribution is 2.32. The van der Waals surface area contributed by atoms with Crippen LogP contribution in [0.25, 0.3) is 10.2 Å². The molecule has 3 aromatic rings. The molecule has 0 radical (unpaired) electrons. The van der Waals surface area contributed by atoms with Crippen LogP contribution in [0.1, 0.15) is 18.5 Å². The van der Waals surface area contributed by atoms with E-state index in [0.717, 1.165) is 20.9 Å². The van der Waals surface area contributed by atoms with Crippen LogP contribution in [0.3, 0.4) is 0 Å². The van der Waals surface area contributed by atoms with E-state index in [1.54, 1.807) is 0 Å². The van der Waals surface area contributed by atoms with E-state index < -0.39 is 0 Å². The number of amides is 1. The molecule has 1 unspecified atom stereocenters. The van der Waals surface area contributed by atoms with E-state index >= 15 is 0 Å². The molecule has 124 valence electrons. The van der Waals surface area contributed by atoms with Crippen LogP contribution >= 0.6 is 22.9 Å². The molecule has 2 aromatic carbocycles. The molecule has 4 nitrogen and oxygen atoms in total. The number of rotatable bonds is 5. The highest BCUT2D eigenvalue weighted by Gasteiger charge is 2.15. The number of halogens is 1. The van der Waals surface area contributed by atoms with E-state index in [0.29, 0.717) is 5.02 Å². The Labute approximate surface area is 150 Å². The Bertz CT molecular complexity index is 850. The summed E-state index contributed by atoms with van der Waals surface area (Å²) in [4.78, 5) is 18.7. The van der Waals surface area contributed by atoms with E-state index in [-0.39, 0.29) is 18.5 Å². The van der Waals surface area contributed by atoms with Crippen molar-refractivity contribution in [2.24, 2.45) is 0 Å². The lowest BCUT2D eigenvalue weighted by molar-refractivity contribution is -0.120. The van der Waals surface area contributed by atoms with E-state index in [1.165, 1.54) is 11.3 Å². The smallest absolute Gasteiger partial charge is 0.240 e. The van der Waals surface area contributed by atoms with Crippen LogP contribution < -0.4 is 10.2 Å². The predicted molar refractivity (Wildman–Crippen MR) is 101 cm³/mol. The molecule has 1 heterocycles. The van der Waals surface area contributed by atoms with Gasteiger partial charge in [-0.15, -0.1) is 0 Å². The van der Waals surface area contributed by atoms with Crippen LogP contribution in [0.4, 0.5) is 5.13 Å². The number of benzene rings is 2. The largest absolute Gasteiger partial charge is 0.348 e. The second kappa shape index (κ2) is 7.20. The van der Waals surface area contributed by atoms with Gasteiger partial charge in [-0.05, 0) is 24.6 Å². The molecule has 1 aromatic heterocycles. The fourth-order valence-electron chi connectivity index (χ4n) is 2.46. The average Bonchev–Trinajstić information content (AvgIpc) is 3.01. The third kappa shape index (κ3) is 3.68. The van der Waals surface area contributed by atoms with Gasteiger partial charge in [0.05, 0.1) is 22.3 Å². The van der Waals surface area contributed by atoms with Gasteiger partial charge in [-0.1, -0.05) is 59.3 Å². The first-order chi connectivity index (χ1) is 11.5. The third-order valence-corrected chi connectivity index (χ3v) is 5.18. The third-order valence-electron chi connectivity index (χ3n) is 3.74. The Balaban J connectivity index is 1.66. The first-order valence-corrected chi connectivity index (χ1v) is 8.84. The maximum Gasteiger partial charge on any atom is 0.240 e. The zero-order chi connectivity index (χ0) is 17.1. The van der Waals surface area contributed by atoms with Crippen LogP contribution in [-0.4, -0.2) is 24.5 Å². The van der Waals surface area contributed by atoms with Crippen molar-refractivity contribution in [2.75, 3.05) is 18.5 Å². The van der Waals surface area contributed by atoms with Gasteiger partial charge in [0.15, 0.2) is 5.13 Å². The molecule has 0 saturated carbocycles. The lowest BCUT2D eigenvalue weighted by Gasteiger charge is -2.18. The second-order valence-electron chi connectivity index (χ2n) is 5.64. The highest BCUT2D eigenvalue weighted by molar-refractivity contribution is 7.22. The van der Waals surface area contributed by atoms with Crippen LogP contribution in [0.15, 0.2) is 48.5 Å². The number of nitrogens with zero attached hydrogens (tertiary/aromatic N) is 2. The van der Waals surface area contributed by atoms with Crippen molar-refractivity contribution >= 4 is 44.2 Å². The summed E-state index contributed by atoms with van der Waals surface area (Å²) >= 11 is 7.69. The average molecular weight is 360 g/mol. The normalized spacial score (nSPS) is 12.1. The van der Waals surface area contributed by atoms with Crippen molar-refractivity contribution in [3.8, 4) is 0 Å². The van der Waals surface area contributed by atoms with Gasteiger partial charge in [0.1, 0.15) is 5.52 Å². The monoisotopic (exact) mass is 359 g/mol. The Morgan fingerprint density at radius 3 is 2.71 bits per heavy atom. The first kappa shape index (κ1) is 16.7. The Morgan fingerprint density at radius 1 is 1.25 bits per heavy atom. The first-order valence-electron chi connectivity index (χ1n) is 7.65. The number of para-hydroxylation sites is 1. The van der Waals surface area contributed by atoms with Crippen molar-refractivity contribution < 1.29 is 4.79 Å². The molecule has 0 saturated heterocycles. The molecule has 0 aliphatic heterocycles. The number of likely N-dealkylation sites (N-methyl/N-ethyl adjacent to an activating group) is 1. The zero-order valence-corrected chi connectivity index (χ0v) is 15.1. The number of fused-ring (bicyclic) bond motifs is 1. The molecule has 3 rings (SSSR count). The van der Waals surface area contributed by atoms with Gasteiger partial charge in [-0.25, -0.2) is 4.98 Å². The van der Waals surface area contributed by atoms with Gasteiger partial charge in [0.2, 0.25) is 5.91 Å². The molecule has 24 heavy (non-hydrogen) atoms. The van der Waals surface area contributed by atoms with E-state index in [2.05, 4.69) is 10.3 Å². The predicted octanol–water partition coefficient (Wildman–Crippen LogP) is 4.26. The molecular weight excluding hydrogens is 342 g/mol. The maximum atomic E-state index is 12.3. The van der Waals surface area contributed by atoms with Crippen LogP contribution in [-0.2, 0) is 4.79 Å². The maximum absolute atomic E-state index is 12.3. The molecule has 0 fully saturated rings. The molecule has 0 spiro atoms. The fraction of sp³-hybridized carbons (Fsp3) is 0.222. The summed E-state index contributed by atoms with van der Waals surface area (Å²) in [6.07, 6.45) is 0. The number of carbonyl (C=O) groups excluding carboxylic acids is 1. The van der Waals surface area contributed by atoms with E-state index in [9.17, 15) is 4.79 Å². The van der Waals surface area contributed by atoms with Gasteiger partial charge < -0.3 is 10.2 Å². The van der Waals surface area contributed by atoms with Crippen molar-refractivity contribution in [1.29, 1.82) is 0 Å². The summed E-state index contributed by atoms with van der Waals surface area (Å²) in [6, 6.07) is 15.6. The summed E-state index contributed by atoms with van der Waals surface area (Å²) in [5.41, 5.74) is 1.87. The number of hydrogen-bond acceptors (Lipinski definition) is 4. The minimum absolute atomic E-state index is 0.0306. The lowest BCUT2D eigenvalue weighted by atomic mass is 10.1. The number of hydrogen-bond donors (Lipinski definition) is 1. The summed E-state index contributed by atoms with van der Waals surface area (Å²) < 4.78 is 1.02. The fourth-order valence-corrected chi connectivity index (χ4v) is 3.69. The van der Waals surface area contributed by atoms with Crippen LogP contribution in [0.5, 0.6) is 0 Å². The quantitative estimate of drug-likeness (QED) is 0.740. The van der Waals surface area contributed by atoms with Crippen LogP contribution in [0, 0.1) is 0 Å². The number of nitrogens with one attached hydrogen (secondary N) is 1. The topological polar surface area (TPSA) is 45.2 Å². The van der Waals surface area contributed by atoms with Gasteiger partial charge in [0, 0.05) is 7.05 Å². The molecule has 0 aliphatic rings. The van der Waals surface area contributed by atoms with E-state index in [1.807, 2.05) is 67.4 Å². The van der Waals surface area contributed by atoms with Crippen LogP contribution in [0.2, 0.25) is 5.02 Å². The molecule has 0 bridgehead atoms. The SMILES string of the molecule is CC(NC(=O)CN(C)c1nc2c(Cl)cccc2s1)c1ccccc1. The van der Waals surface area contributed by atoms with Gasteiger partial charge in [-0.2, -0.15) is 0 Å². The summed E-state index contributed by atoms with van der Waals surface area (Å²) in [5, 5.41) is 4.42. The number of aromatic nitrogens is 1. The Hall–Kier alpha value is -2.11. The van der Waals surface area contributed by atoms with Crippen molar-refractivity contribution in [1.82, 2.24) is 10.3 Å². The van der Waals surface area contributed by atoms with Gasteiger partial charge in [-0.3, -0.25) is 4.79 Å². The molecule has 6 heteroatoms. The number of anilines is 1. The molecule has 0 aliphatic carbocycles. The number of thiazole rings is 1. The molecule has 1 N–H and O–H groups in total. The Kier molecular flexibility index (Phi) is 5.02. The van der Waals surface area contributed by atoms with Gasteiger partial charge >= 0.3 is 0 Å². The summed E-state index contributed by atoms with van der Waals surface area (Å²) in [6.45, 7) is 2.22. The second-order valence-corrected chi connectivity index (χ2v) is 7.06. The zero-order valence-electron chi connectivity index (χ0n) is 13.5. The van der Waals surface area contributed by atoms with Crippen molar-refractivity contribution in [3.05, 3.63) is 59.1 Å². The van der Waals surface area contributed by atoms with Gasteiger partial charge in [0.25, 0.3) is 0 Å². The number of carbonyl (C=O) groups is 1. The molecular formula is C18H18ClN3OS. The highest BCUT2D eigenvalue weighted by atomic mass is 35.5. The van der Waals surface area contributed by atoms with Crippen molar-refractivity contribution in [3.63, 3.8) is 0 Å². The minimum Gasteiger partial charge on any atom is -0.348 e. The lowest BCUT2D eigenvalue weighted by Crippen LogP contribution is -2.36. The standard InChI is InChI=1S/C18H18ClN3OS/c1-12(13-7-4-3-5-8-13)20-16(23)11-22(2)18-21-17-14(19)9-6-10-15(17)24-18/h3-10,12H,11H2,1-2H3,(H,20,23). The molecule has 1 amide bonds. The summed E-state index contributed by atoms with van der Waals surface area (Å²) in [5.74, 6) is -0.0424. The Morgan fingerprint density at radius 2 is 2.00 bits per heavy atom. The summed E-state index contributed by atoms with van der Waals surface area (Å²) in [7, 11) is 1.86.